The molecular weight excluding hydrogens is 278 g/mol. The second-order valence-electron chi connectivity index (χ2n) is 4.11. The number of imidazole rings is 1. The largest absolute Gasteiger partial charge is 0.461 e. The lowest BCUT2D eigenvalue weighted by atomic mass is 10.2. The molecule has 2 heterocycles. The van der Waals surface area contributed by atoms with Crippen LogP contribution in [0.3, 0.4) is 0 Å². The third kappa shape index (κ3) is 2.84. The highest BCUT2D eigenvalue weighted by molar-refractivity contribution is 7.98. The van der Waals surface area contributed by atoms with Gasteiger partial charge in [-0.1, -0.05) is 5.21 Å². The number of esters is 1. The maximum Gasteiger partial charge on any atom is 0.361 e. The molecule has 0 spiro atoms. The standard InChI is InChI=1S/C12H17N5O2S/c1-4-19-12(18)10-11(9-7-13-8-16(9)2)17(15-14-10)5-6-20-3/h7-8H,4-6H2,1-3H3. The van der Waals surface area contributed by atoms with E-state index >= 15 is 0 Å². The minimum atomic E-state index is -0.459. The number of ether oxygens (including phenoxy) is 1. The van der Waals surface area contributed by atoms with E-state index in [1.807, 2.05) is 17.9 Å². The predicted octanol–water partition coefficient (Wildman–Crippen LogP) is 1.22. The third-order valence-corrected chi connectivity index (χ3v) is 3.36. The first-order chi connectivity index (χ1) is 9.69. The highest BCUT2D eigenvalue weighted by Crippen LogP contribution is 2.22. The molecule has 0 aliphatic heterocycles. The Labute approximate surface area is 121 Å². The van der Waals surface area contributed by atoms with Gasteiger partial charge in [0, 0.05) is 12.8 Å². The Morgan fingerprint density at radius 1 is 1.50 bits per heavy atom. The molecule has 2 aromatic heterocycles. The van der Waals surface area contributed by atoms with Gasteiger partial charge in [-0.3, -0.25) is 0 Å². The van der Waals surface area contributed by atoms with Crippen LogP contribution in [0, 0.1) is 0 Å². The molecule has 2 rings (SSSR count). The van der Waals surface area contributed by atoms with E-state index in [4.69, 9.17) is 4.74 Å². The number of aryl methyl sites for hydroxylation is 2. The Balaban J connectivity index is 2.45. The number of carbonyl (C=O) groups is 1. The number of hydrogen-bond acceptors (Lipinski definition) is 6. The van der Waals surface area contributed by atoms with Crippen LogP contribution in [0.1, 0.15) is 17.4 Å². The summed E-state index contributed by atoms with van der Waals surface area (Å²) in [7, 11) is 1.86. The summed E-state index contributed by atoms with van der Waals surface area (Å²) in [6.07, 6.45) is 5.39. The summed E-state index contributed by atoms with van der Waals surface area (Å²) in [5, 5.41) is 8.04. The fourth-order valence-electron chi connectivity index (χ4n) is 1.82. The Morgan fingerprint density at radius 3 is 2.90 bits per heavy atom. The van der Waals surface area contributed by atoms with Crippen LogP contribution in [0.15, 0.2) is 12.5 Å². The van der Waals surface area contributed by atoms with Gasteiger partial charge in [-0.25, -0.2) is 14.5 Å². The summed E-state index contributed by atoms with van der Waals surface area (Å²) >= 11 is 1.71. The van der Waals surface area contributed by atoms with Gasteiger partial charge in [-0.15, -0.1) is 5.10 Å². The van der Waals surface area contributed by atoms with Gasteiger partial charge in [0.1, 0.15) is 5.69 Å². The predicted molar refractivity (Wildman–Crippen MR) is 76.6 cm³/mol. The van der Waals surface area contributed by atoms with E-state index in [-0.39, 0.29) is 5.69 Å². The Hall–Kier alpha value is -1.83. The molecule has 0 N–H and O–H groups in total. The van der Waals surface area contributed by atoms with Gasteiger partial charge in [0.25, 0.3) is 0 Å². The van der Waals surface area contributed by atoms with Gasteiger partial charge >= 0.3 is 5.97 Å². The summed E-state index contributed by atoms with van der Waals surface area (Å²) in [5.74, 6) is 0.426. The first-order valence-electron chi connectivity index (χ1n) is 6.25. The molecule has 108 valence electrons. The molecule has 0 aromatic carbocycles. The molecule has 0 fully saturated rings. The van der Waals surface area contributed by atoms with Crippen molar-refractivity contribution in [2.75, 3.05) is 18.6 Å². The van der Waals surface area contributed by atoms with Crippen molar-refractivity contribution in [2.24, 2.45) is 7.05 Å². The van der Waals surface area contributed by atoms with Crippen molar-refractivity contribution in [3.8, 4) is 11.4 Å². The molecule has 0 bridgehead atoms. The van der Waals surface area contributed by atoms with Gasteiger partial charge < -0.3 is 9.30 Å². The molecule has 0 atom stereocenters. The van der Waals surface area contributed by atoms with Crippen LogP contribution in [0.5, 0.6) is 0 Å². The second kappa shape index (κ2) is 6.56. The zero-order valence-electron chi connectivity index (χ0n) is 11.7. The minimum Gasteiger partial charge on any atom is -0.461 e. The van der Waals surface area contributed by atoms with Crippen molar-refractivity contribution in [1.82, 2.24) is 24.5 Å². The number of rotatable bonds is 6. The minimum absolute atomic E-state index is 0.233. The monoisotopic (exact) mass is 295 g/mol. The SMILES string of the molecule is CCOC(=O)c1nnn(CCSC)c1-c1cncn1C. The van der Waals surface area contributed by atoms with Gasteiger partial charge in [0.2, 0.25) is 0 Å². The molecule has 0 aliphatic rings. The number of hydrogen-bond donors (Lipinski definition) is 0. The maximum absolute atomic E-state index is 12.0. The Bertz CT molecular complexity index is 592. The van der Waals surface area contributed by atoms with E-state index in [2.05, 4.69) is 15.3 Å². The summed E-state index contributed by atoms with van der Waals surface area (Å²) in [5.41, 5.74) is 1.67. The van der Waals surface area contributed by atoms with Crippen molar-refractivity contribution >= 4 is 17.7 Å². The molecule has 7 nitrogen and oxygen atoms in total. The molecule has 0 saturated heterocycles. The van der Waals surface area contributed by atoms with E-state index in [0.29, 0.717) is 18.8 Å². The lowest BCUT2D eigenvalue weighted by Gasteiger charge is -2.07. The number of aromatic nitrogens is 5. The first-order valence-corrected chi connectivity index (χ1v) is 7.64. The first kappa shape index (κ1) is 14.6. The average molecular weight is 295 g/mol. The van der Waals surface area contributed by atoms with Gasteiger partial charge in [-0.2, -0.15) is 11.8 Å². The zero-order chi connectivity index (χ0) is 14.5. The van der Waals surface area contributed by atoms with Gasteiger partial charge in [0.05, 0.1) is 31.4 Å². The number of nitrogens with zero attached hydrogens (tertiary/aromatic N) is 5. The molecule has 0 amide bonds. The highest BCUT2D eigenvalue weighted by atomic mass is 32.2. The van der Waals surface area contributed by atoms with E-state index in [0.717, 1.165) is 11.4 Å². The molecule has 0 unspecified atom stereocenters. The van der Waals surface area contributed by atoms with E-state index in [1.165, 1.54) is 0 Å². The molecular formula is C12H17N5O2S. The van der Waals surface area contributed by atoms with E-state index < -0.39 is 5.97 Å². The van der Waals surface area contributed by atoms with Crippen molar-refractivity contribution in [3.63, 3.8) is 0 Å². The Morgan fingerprint density at radius 2 is 2.30 bits per heavy atom. The lowest BCUT2D eigenvalue weighted by Crippen LogP contribution is -2.10. The summed E-state index contributed by atoms with van der Waals surface area (Å²) in [6, 6.07) is 0. The van der Waals surface area contributed by atoms with Gasteiger partial charge in [0.15, 0.2) is 5.69 Å². The van der Waals surface area contributed by atoms with Crippen molar-refractivity contribution in [3.05, 3.63) is 18.2 Å². The Kier molecular flexibility index (Phi) is 4.78. The van der Waals surface area contributed by atoms with Crippen LogP contribution in [0.4, 0.5) is 0 Å². The smallest absolute Gasteiger partial charge is 0.361 e. The third-order valence-electron chi connectivity index (χ3n) is 2.77. The van der Waals surface area contributed by atoms with Gasteiger partial charge in [-0.05, 0) is 13.2 Å². The van der Waals surface area contributed by atoms with Crippen LogP contribution in [-0.4, -0.2) is 49.1 Å². The van der Waals surface area contributed by atoms with Crippen molar-refractivity contribution in [1.29, 1.82) is 0 Å². The second-order valence-corrected chi connectivity index (χ2v) is 5.10. The van der Waals surface area contributed by atoms with Crippen molar-refractivity contribution in [2.45, 2.75) is 13.5 Å². The van der Waals surface area contributed by atoms with Crippen LogP contribution in [0.25, 0.3) is 11.4 Å². The normalized spacial score (nSPS) is 10.8. The topological polar surface area (TPSA) is 74.8 Å². The fraction of sp³-hybridized carbons (Fsp3) is 0.500. The lowest BCUT2D eigenvalue weighted by molar-refractivity contribution is 0.0520. The van der Waals surface area contributed by atoms with Crippen LogP contribution < -0.4 is 0 Å². The quantitative estimate of drug-likeness (QED) is 0.746. The molecule has 20 heavy (non-hydrogen) atoms. The average Bonchev–Trinajstić information content (AvgIpc) is 3.02. The fourth-order valence-corrected chi connectivity index (χ4v) is 2.18. The summed E-state index contributed by atoms with van der Waals surface area (Å²) in [4.78, 5) is 16.1. The maximum atomic E-state index is 12.0. The summed E-state index contributed by atoms with van der Waals surface area (Å²) in [6.45, 7) is 2.75. The van der Waals surface area contributed by atoms with Crippen LogP contribution >= 0.6 is 11.8 Å². The molecule has 0 radical (unpaired) electrons. The molecule has 2 aromatic rings. The van der Waals surface area contributed by atoms with E-state index in [1.54, 1.807) is 35.9 Å². The van der Waals surface area contributed by atoms with E-state index in [9.17, 15) is 4.79 Å². The molecule has 0 saturated carbocycles. The molecule has 0 aliphatic carbocycles. The highest BCUT2D eigenvalue weighted by Gasteiger charge is 2.23. The zero-order valence-corrected chi connectivity index (χ0v) is 12.6. The van der Waals surface area contributed by atoms with Crippen molar-refractivity contribution < 1.29 is 9.53 Å². The molecule has 8 heteroatoms. The number of carbonyl (C=O) groups excluding carboxylic acids is 1. The summed E-state index contributed by atoms with van der Waals surface area (Å²) < 4.78 is 8.59. The van der Waals surface area contributed by atoms with Crippen LogP contribution in [0.2, 0.25) is 0 Å². The van der Waals surface area contributed by atoms with Crippen LogP contribution in [-0.2, 0) is 18.3 Å². The number of thioether (sulfide) groups is 1.